The van der Waals surface area contributed by atoms with E-state index in [1.807, 2.05) is 13.1 Å². The van der Waals surface area contributed by atoms with Crippen molar-refractivity contribution in [2.24, 2.45) is 13.0 Å². The van der Waals surface area contributed by atoms with E-state index < -0.39 is 0 Å². The Kier molecular flexibility index (Phi) is 6.19. The fourth-order valence-corrected chi connectivity index (χ4v) is 2.40. The molecule has 0 spiro atoms. The highest BCUT2D eigenvalue weighted by Gasteiger charge is 2.18. The molecule has 0 bridgehead atoms. The van der Waals surface area contributed by atoms with Crippen molar-refractivity contribution in [1.82, 2.24) is 15.1 Å². The van der Waals surface area contributed by atoms with Gasteiger partial charge in [0.25, 0.3) is 0 Å². The van der Waals surface area contributed by atoms with Crippen LogP contribution < -0.4 is 10.1 Å². The second-order valence-electron chi connectivity index (χ2n) is 4.97. The lowest BCUT2D eigenvalue weighted by Crippen LogP contribution is -2.23. The molecule has 0 aromatic carbocycles. The minimum Gasteiger partial charge on any atom is -0.481 e. The zero-order valence-corrected chi connectivity index (χ0v) is 12.4. The number of aromatic nitrogens is 2. The van der Waals surface area contributed by atoms with Crippen molar-refractivity contribution < 1.29 is 4.74 Å². The summed E-state index contributed by atoms with van der Waals surface area (Å²) >= 11 is 0. The molecule has 1 N–H and O–H groups in total. The van der Waals surface area contributed by atoms with Gasteiger partial charge in [-0.25, -0.2) is 4.68 Å². The first kappa shape index (κ1) is 15.0. The van der Waals surface area contributed by atoms with Crippen LogP contribution in [0.1, 0.15) is 51.8 Å². The molecule has 2 unspecified atom stereocenters. The quantitative estimate of drug-likeness (QED) is 0.774. The van der Waals surface area contributed by atoms with Gasteiger partial charge in [0.2, 0.25) is 5.88 Å². The molecule has 1 aromatic rings. The minimum absolute atomic E-state index is 0.326. The molecule has 0 fully saturated rings. The van der Waals surface area contributed by atoms with Crippen molar-refractivity contribution in [2.75, 3.05) is 13.7 Å². The summed E-state index contributed by atoms with van der Waals surface area (Å²) in [5.41, 5.74) is 1.08. The number of nitrogens with zero attached hydrogens (tertiary/aromatic N) is 2. The van der Waals surface area contributed by atoms with Crippen LogP contribution in [0.5, 0.6) is 5.88 Å². The molecule has 1 heterocycles. The van der Waals surface area contributed by atoms with E-state index in [1.54, 1.807) is 11.8 Å². The zero-order chi connectivity index (χ0) is 13.5. The third kappa shape index (κ3) is 4.02. The second kappa shape index (κ2) is 7.41. The highest BCUT2D eigenvalue weighted by molar-refractivity contribution is 5.18. The molecule has 1 rings (SSSR count). The molecule has 1 aromatic heterocycles. The lowest BCUT2D eigenvalue weighted by Gasteiger charge is -2.19. The molecular weight excluding hydrogens is 226 g/mol. The van der Waals surface area contributed by atoms with Gasteiger partial charge in [-0.3, -0.25) is 0 Å². The summed E-state index contributed by atoms with van der Waals surface area (Å²) in [5, 5.41) is 8.06. The van der Waals surface area contributed by atoms with Crippen LogP contribution in [0.2, 0.25) is 0 Å². The Morgan fingerprint density at radius 2 is 2.17 bits per heavy atom. The largest absolute Gasteiger partial charge is 0.481 e. The molecule has 0 aliphatic heterocycles. The fourth-order valence-electron chi connectivity index (χ4n) is 2.40. The maximum Gasteiger partial charge on any atom is 0.211 e. The summed E-state index contributed by atoms with van der Waals surface area (Å²) in [6, 6.07) is 2.36. The van der Waals surface area contributed by atoms with E-state index in [2.05, 4.69) is 31.2 Å². The first-order chi connectivity index (χ1) is 8.62. The zero-order valence-electron chi connectivity index (χ0n) is 12.4. The molecule has 0 radical (unpaired) electrons. The number of nitrogens with one attached hydrogen (secondary N) is 1. The van der Waals surface area contributed by atoms with E-state index in [0.717, 1.165) is 24.5 Å². The SMILES string of the molecule is CCCC(C)CC(NCC)c1cc(OC)n(C)n1. The first-order valence-corrected chi connectivity index (χ1v) is 6.93. The summed E-state index contributed by atoms with van der Waals surface area (Å²) in [4.78, 5) is 0. The van der Waals surface area contributed by atoms with Gasteiger partial charge in [0, 0.05) is 13.1 Å². The summed E-state index contributed by atoms with van der Waals surface area (Å²) in [5.74, 6) is 1.53. The van der Waals surface area contributed by atoms with Crippen LogP contribution in [0, 0.1) is 5.92 Å². The Bertz CT molecular complexity index is 349. The highest BCUT2D eigenvalue weighted by atomic mass is 16.5. The Morgan fingerprint density at radius 1 is 1.44 bits per heavy atom. The van der Waals surface area contributed by atoms with Gasteiger partial charge >= 0.3 is 0 Å². The third-order valence-electron chi connectivity index (χ3n) is 3.29. The maximum absolute atomic E-state index is 5.28. The van der Waals surface area contributed by atoms with Crippen molar-refractivity contribution in [1.29, 1.82) is 0 Å². The number of methoxy groups -OCH3 is 1. The number of aryl methyl sites for hydroxylation is 1. The van der Waals surface area contributed by atoms with E-state index >= 15 is 0 Å². The van der Waals surface area contributed by atoms with Crippen molar-refractivity contribution in [3.63, 3.8) is 0 Å². The first-order valence-electron chi connectivity index (χ1n) is 6.93. The van der Waals surface area contributed by atoms with Gasteiger partial charge in [-0.15, -0.1) is 0 Å². The number of ether oxygens (including phenoxy) is 1. The number of rotatable bonds is 8. The van der Waals surface area contributed by atoms with Crippen LogP contribution in [0.3, 0.4) is 0 Å². The van der Waals surface area contributed by atoms with E-state index in [-0.39, 0.29) is 0 Å². The summed E-state index contributed by atoms with van der Waals surface area (Å²) in [6.45, 7) is 7.65. The monoisotopic (exact) mass is 253 g/mol. The molecule has 0 saturated heterocycles. The topological polar surface area (TPSA) is 39.1 Å². The van der Waals surface area contributed by atoms with Crippen LogP contribution >= 0.6 is 0 Å². The summed E-state index contributed by atoms with van der Waals surface area (Å²) < 4.78 is 7.07. The van der Waals surface area contributed by atoms with Gasteiger partial charge in [-0.2, -0.15) is 5.10 Å². The Labute approximate surface area is 111 Å². The predicted molar refractivity (Wildman–Crippen MR) is 74.9 cm³/mol. The molecule has 0 saturated carbocycles. The van der Waals surface area contributed by atoms with Crippen LogP contribution in [0.25, 0.3) is 0 Å². The fraction of sp³-hybridized carbons (Fsp3) is 0.786. The van der Waals surface area contributed by atoms with Crippen LogP contribution in [-0.2, 0) is 7.05 Å². The standard InChI is InChI=1S/C14H27N3O/c1-6-8-11(3)9-12(15-7-2)13-10-14(18-5)17(4)16-13/h10-12,15H,6-9H2,1-5H3. The van der Waals surface area contributed by atoms with Gasteiger partial charge in [-0.05, 0) is 18.9 Å². The number of hydrogen-bond donors (Lipinski definition) is 1. The molecule has 2 atom stereocenters. The van der Waals surface area contributed by atoms with E-state index in [4.69, 9.17) is 4.74 Å². The molecule has 104 valence electrons. The van der Waals surface area contributed by atoms with Crippen LogP contribution in [-0.4, -0.2) is 23.4 Å². The van der Waals surface area contributed by atoms with Crippen molar-refractivity contribution >= 4 is 0 Å². The number of hydrogen-bond acceptors (Lipinski definition) is 3. The molecular formula is C14H27N3O. The van der Waals surface area contributed by atoms with E-state index in [1.165, 1.54) is 12.8 Å². The summed E-state index contributed by atoms with van der Waals surface area (Å²) in [7, 11) is 3.60. The normalized spacial score (nSPS) is 14.5. The lowest BCUT2D eigenvalue weighted by molar-refractivity contribution is 0.372. The van der Waals surface area contributed by atoms with Crippen LogP contribution in [0.15, 0.2) is 6.07 Å². The second-order valence-corrected chi connectivity index (χ2v) is 4.97. The van der Waals surface area contributed by atoms with E-state index in [0.29, 0.717) is 12.0 Å². The van der Waals surface area contributed by atoms with Gasteiger partial charge < -0.3 is 10.1 Å². The Balaban J connectivity index is 2.76. The van der Waals surface area contributed by atoms with Crippen molar-refractivity contribution in [3.8, 4) is 5.88 Å². The Hall–Kier alpha value is -1.03. The van der Waals surface area contributed by atoms with Gasteiger partial charge in [0.1, 0.15) is 0 Å². The Morgan fingerprint density at radius 3 is 2.67 bits per heavy atom. The molecule has 18 heavy (non-hydrogen) atoms. The molecule has 4 nitrogen and oxygen atoms in total. The average Bonchev–Trinajstić information content (AvgIpc) is 2.70. The predicted octanol–water partition coefficient (Wildman–Crippen LogP) is 2.91. The average molecular weight is 253 g/mol. The molecule has 0 aliphatic carbocycles. The van der Waals surface area contributed by atoms with Gasteiger partial charge in [0.05, 0.1) is 18.8 Å². The van der Waals surface area contributed by atoms with Crippen molar-refractivity contribution in [3.05, 3.63) is 11.8 Å². The molecule has 0 amide bonds. The third-order valence-corrected chi connectivity index (χ3v) is 3.29. The molecule has 0 aliphatic rings. The summed E-state index contributed by atoms with van der Waals surface area (Å²) in [6.07, 6.45) is 3.64. The van der Waals surface area contributed by atoms with Crippen molar-refractivity contribution in [2.45, 2.75) is 46.1 Å². The smallest absolute Gasteiger partial charge is 0.211 e. The lowest BCUT2D eigenvalue weighted by atomic mass is 9.95. The maximum atomic E-state index is 5.28. The highest BCUT2D eigenvalue weighted by Crippen LogP contribution is 2.25. The van der Waals surface area contributed by atoms with Gasteiger partial charge in [-0.1, -0.05) is 33.6 Å². The molecule has 4 heteroatoms. The van der Waals surface area contributed by atoms with Gasteiger partial charge in [0.15, 0.2) is 0 Å². The van der Waals surface area contributed by atoms with Crippen LogP contribution in [0.4, 0.5) is 0 Å². The van der Waals surface area contributed by atoms with E-state index in [9.17, 15) is 0 Å². The minimum atomic E-state index is 0.326.